The Kier molecular flexibility index (Phi) is 8.81. The van der Waals surface area contributed by atoms with E-state index in [-0.39, 0.29) is 10.8 Å². The van der Waals surface area contributed by atoms with E-state index in [1.54, 1.807) is 0 Å². The minimum atomic E-state index is -0.160. The molecule has 2 aromatic heterocycles. The van der Waals surface area contributed by atoms with Crippen LogP contribution in [-0.2, 0) is 23.7 Å². The number of furan rings is 2. The van der Waals surface area contributed by atoms with Crippen LogP contribution in [0.25, 0.3) is 76.2 Å². The number of hydrogen-bond donors (Lipinski definition) is 0. The molecule has 12 aromatic rings. The highest BCUT2D eigenvalue weighted by Crippen LogP contribution is 2.52. The Balaban J connectivity index is 1.08. The van der Waals surface area contributed by atoms with Gasteiger partial charge in [0.2, 0.25) is 0 Å². The third-order valence-corrected chi connectivity index (χ3v) is 15.0. The number of fused-ring (bicyclic) bond motifs is 6. The minimum absolute atomic E-state index is 0.0840. The lowest BCUT2D eigenvalue weighted by Gasteiger charge is -2.30. The summed E-state index contributed by atoms with van der Waals surface area (Å²) in [7, 11) is 0. The maximum atomic E-state index is 7.17. The molecule has 0 amide bonds. The zero-order valence-electron chi connectivity index (χ0n) is 39.9. The van der Waals surface area contributed by atoms with Crippen LogP contribution in [0.4, 0.5) is 34.1 Å². The Morgan fingerprint density at radius 3 is 1.96 bits per heavy atom. The molecule has 0 fully saturated rings. The van der Waals surface area contributed by atoms with Crippen LogP contribution in [0.3, 0.4) is 0 Å². The number of rotatable bonds is 6. The lowest BCUT2D eigenvalue weighted by Crippen LogP contribution is -2.22. The van der Waals surface area contributed by atoms with Gasteiger partial charge in [0.1, 0.15) is 11.2 Å². The Morgan fingerprint density at radius 2 is 1.19 bits per heavy atom. The molecule has 0 atom stereocenters. The first-order valence-corrected chi connectivity index (χ1v) is 24.4. The first-order valence-electron chi connectivity index (χ1n) is 24.4. The molecule has 0 radical (unpaired) electrons. The molecule has 3 heterocycles. The van der Waals surface area contributed by atoms with E-state index in [1.807, 2.05) is 0 Å². The Bertz CT molecular complexity index is 3990. The molecule has 332 valence electrons. The van der Waals surface area contributed by atoms with E-state index in [1.165, 1.54) is 65.5 Å². The molecule has 4 heteroatoms. The van der Waals surface area contributed by atoms with Crippen molar-refractivity contribution in [2.24, 2.45) is 0 Å². The van der Waals surface area contributed by atoms with Gasteiger partial charge in [-0.15, -0.1) is 0 Å². The normalized spacial score (nSPS) is 14.0. The molecular formula is C64H54N2O2. The first kappa shape index (κ1) is 40.7. The van der Waals surface area contributed by atoms with E-state index < -0.39 is 0 Å². The summed E-state index contributed by atoms with van der Waals surface area (Å²) in [6.07, 6.45) is 3.04. The van der Waals surface area contributed by atoms with Gasteiger partial charge in [0.15, 0.2) is 11.2 Å². The summed E-state index contributed by atoms with van der Waals surface area (Å²) in [4.78, 5) is 4.89. The number of aryl methyl sites for hydroxylation is 2. The summed E-state index contributed by atoms with van der Waals surface area (Å²) in [5.74, 6) is 0. The van der Waals surface area contributed by atoms with E-state index in [2.05, 4.69) is 222 Å². The Hall–Kier alpha value is -7.56. The molecule has 0 saturated carbocycles. The van der Waals surface area contributed by atoms with E-state index in [9.17, 15) is 0 Å². The van der Waals surface area contributed by atoms with Crippen molar-refractivity contribution >= 4 is 110 Å². The number of anilines is 6. The molecule has 0 unspecified atom stereocenters. The summed E-state index contributed by atoms with van der Waals surface area (Å²) < 4.78 is 14.3. The van der Waals surface area contributed by atoms with Crippen LogP contribution in [0.1, 0.15) is 75.8 Å². The van der Waals surface area contributed by atoms with Crippen LogP contribution in [0.5, 0.6) is 0 Å². The number of nitrogens with zero attached hydrogens (tertiary/aromatic N) is 2. The van der Waals surface area contributed by atoms with E-state index in [0.717, 1.165) is 91.9 Å². The molecule has 10 aromatic carbocycles. The average Bonchev–Trinajstić information content (AvgIpc) is 3.92. The molecule has 4 bridgehead atoms. The summed E-state index contributed by atoms with van der Waals surface area (Å²) in [5.41, 5.74) is 16.4. The predicted octanol–water partition coefficient (Wildman–Crippen LogP) is 18.7. The molecule has 4 nitrogen and oxygen atoms in total. The van der Waals surface area contributed by atoms with Crippen LogP contribution in [-0.4, -0.2) is 0 Å². The number of hydrogen-bond acceptors (Lipinski definition) is 4. The van der Waals surface area contributed by atoms with Crippen molar-refractivity contribution in [1.82, 2.24) is 0 Å². The van der Waals surface area contributed by atoms with Gasteiger partial charge in [0.25, 0.3) is 0 Å². The maximum Gasteiger partial charge on any atom is 0.159 e. The van der Waals surface area contributed by atoms with Gasteiger partial charge in [-0.25, -0.2) is 0 Å². The second-order valence-corrected chi connectivity index (χ2v) is 21.0. The summed E-state index contributed by atoms with van der Waals surface area (Å²) >= 11 is 0. The van der Waals surface area contributed by atoms with Crippen molar-refractivity contribution in [2.75, 3.05) is 9.80 Å². The zero-order valence-corrected chi connectivity index (χ0v) is 39.9. The third kappa shape index (κ3) is 5.99. The van der Waals surface area contributed by atoms with Crippen molar-refractivity contribution in [1.29, 1.82) is 0 Å². The number of para-hydroxylation sites is 4. The largest absolute Gasteiger partial charge is 0.454 e. The molecule has 1 aliphatic rings. The van der Waals surface area contributed by atoms with Crippen molar-refractivity contribution in [3.8, 4) is 0 Å². The van der Waals surface area contributed by atoms with Crippen LogP contribution in [0.15, 0.2) is 173 Å². The highest BCUT2D eigenvalue weighted by Gasteiger charge is 2.31. The van der Waals surface area contributed by atoms with Gasteiger partial charge in [-0.1, -0.05) is 169 Å². The van der Waals surface area contributed by atoms with Crippen molar-refractivity contribution in [2.45, 2.75) is 78.6 Å². The predicted molar refractivity (Wildman–Crippen MR) is 288 cm³/mol. The lowest BCUT2D eigenvalue weighted by molar-refractivity contribution is 0.513. The smallest absolute Gasteiger partial charge is 0.159 e. The van der Waals surface area contributed by atoms with Crippen molar-refractivity contribution < 1.29 is 8.83 Å². The van der Waals surface area contributed by atoms with Crippen LogP contribution >= 0.6 is 0 Å². The summed E-state index contributed by atoms with van der Waals surface area (Å²) in [5, 5.41) is 11.8. The molecule has 0 N–H and O–H groups in total. The zero-order chi connectivity index (χ0) is 46.2. The van der Waals surface area contributed by atoms with E-state index in [0.29, 0.717) is 0 Å². The Morgan fingerprint density at radius 1 is 0.559 bits per heavy atom. The minimum Gasteiger partial charge on any atom is -0.454 e. The van der Waals surface area contributed by atoms with Gasteiger partial charge in [-0.3, -0.25) is 0 Å². The fourth-order valence-electron chi connectivity index (χ4n) is 11.8. The highest BCUT2D eigenvalue weighted by atomic mass is 16.3. The standard InChI is InChI=1S/C64H54N2O2/c1-8-13-39-24-31-44-36-42(39)37-64(6,7)52-19-10-15-46-48-17-12-21-56(62(48)68-60(46)52)66(44)54-35-28-41-25-32-49-53(34-27-40-26-33-50(54)58(41)57(40)49)65(43-29-22-38(2)23-30-43)55-20-11-16-47-45-14-9-18-51(63(3,4)5)59(45)67-61(47)55/h9-12,14-36H,8,13,37H2,1-7H3. The second-order valence-electron chi connectivity index (χ2n) is 21.0. The van der Waals surface area contributed by atoms with Gasteiger partial charge in [-0.2, -0.15) is 0 Å². The number of benzene rings is 10. The van der Waals surface area contributed by atoms with Gasteiger partial charge < -0.3 is 18.6 Å². The van der Waals surface area contributed by atoms with Gasteiger partial charge >= 0.3 is 0 Å². The van der Waals surface area contributed by atoms with Crippen LogP contribution < -0.4 is 9.80 Å². The van der Waals surface area contributed by atoms with Crippen molar-refractivity contribution in [3.05, 3.63) is 192 Å². The first-order chi connectivity index (χ1) is 33.0. The SMILES string of the molecule is CCCc1ccc2cc1CC(C)(C)c1cccc3c1oc1c(cccc13)N2c1ccc2ccc3c(N(c4ccc(C)cc4)c4cccc5c4oc4c(C(C)(C)C)cccc45)ccc4ccc1c2c43. The quantitative estimate of drug-likeness (QED) is 0.156. The molecule has 1 aliphatic heterocycles. The molecule has 0 saturated heterocycles. The third-order valence-electron chi connectivity index (χ3n) is 15.0. The fourth-order valence-corrected chi connectivity index (χ4v) is 11.8. The molecular weight excluding hydrogens is 829 g/mol. The molecule has 0 spiro atoms. The summed E-state index contributed by atoms with van der Waals surface area (Å²) in [6, 6.07) is 61.2. The second kappa shape index (κ2) is 14.7. The van der Waals surface area contributed by atoms with Gasteiger partial charge in [-0.05, 0) is 112 Å². The van der Waals surface area contributed by atoms with Gasteiger partial charge in [0.05, 0.1) is 22.7 Å². The fraction of sp³-hybridized carbons (Fsp3) is 0.188. The topological polar surface area (TPSA) is 32.8 Å². The lowest BCUT2D eigenvalue weighted by atomic mass is 9.77. The maximum absolute atomic E-state index is 7.17. The molecule has 0 aliphatic carbocycles. The highest BCUT2D eigenvalue weighted by molar-refractivity contribution is 6.29. The van der Waals surface area contributed by atoms with Gasteiger partial charge in [0, 0.05) is 54.8 Å². The summed E-state index contributed by atoms with van der Waals surface area (Å²) in [6.45, 7) is 16.0. The van der Waals surface area contributed by atoms with Crippen LogP contribution in [0, 0.1) is 6.92 Å². The monoisotopic (exact) mass is 882 g/mol. The average molecular weight is 883 g/mol. The van der Waals surface area contributed by atoms with Crippen LogP contribution in [0.2, 0.25) is 0 Å². The molecule has 68 heavy (non-hydrogen) atoms. The van der Waals surface area contributed by atoms with E-state index >= 15 is 0 Å². The molecule has 13 rings (SSSR count). The van der Waals surface area contributed by atoms with E-state index in [4.69, 9.17) is 8.83 Å². The van der Waals surface area contributed by atoms with Crippen molar-refractivity contribution in [3.63, 3.8) is 0 Å². The Labute approximate surface area is 397 Å².